The number of methoxy groups -OCH3 is 1. The number of aryl methyl sites for hydroxylation is 2. The summed E-state index contributed by atoms with van der Waals surface area (Å²) < 4.78 is 7.56. The normalized spacial score (nSPS) is 11.0. The van der Waals surface area contributed by atoms with Crippen molar-refractivity contribution in [3.8, 4) is 5.75 Å². The van der Waals surface area contributed by atoms with Crippen molar-refractivity contribution in [3.63, 3.8) is 0 Å². The molecule has 0 aliphatic heterocycles. The summed E-state index contributed by atoms with van der Waals surface area (Å²) in [6.07, 6.45) is 0.834. The molecule has 0 fully saturated rings. The van der Waals surface area contributed by atoms with Crippen molar-refractivity contribution in [2.24, 2.45) is 0 Å². The summed E-state index contributed by atoms with van der Waals surface area (Å²) in [5, 5.41) is 5.42. The number of fused-ring (bicyclic) bond motifs is 1. The van der Waals surface area contributed by atoms with Crippen LogP contribution >= 0.6 is 23.1 Å². The first-order valence-corrected chi connectivity index (χ1v) is 12.5. The molecule has 0 aliphatic rings. The van der Waals surface area contributed by atoms with Crippen molar-refractivity contribution >= 4 is 44.9 Å². The Morgan fingerprint density at radius 1 is 1.21 bits per heavy atom. The monoisotopic (exact) mass is 479 g/mol. The number of amides is 1. The van der Waals surface area contributed by atoms with Gasteiger partial charge in [-0.1, -0.05) is 49.0 Å². The van der Waals surface area contributed by atoms with E-state index in [1.165, 1.54) is 23.1 Å². The van der Waals surface area contributed by atoms with Gasteiger partial charge in [-0.05, 0) is 53.6 Å². The minimum Gasteiger partial charge on any atom is -0.497 e. The number of benzene rings is 2. The lowest BCUT2D eigenvalue weighted by Gasteiger charge is -2.14. The van der Waals surface area contributed by atoms with Crippen LogP contribution in [0.3, 0.4) is 0 Å². The van der Waals surface area contributed by atoms with Gasteiger partial charge in [0.15, 0.2) is 5.16 Å². The van der Waals surface area contributed by atoms with Crippen molar-refractivity contribution < 1.29 is 9.53 Å². The first-order valence-electron chi connectivity index (χ1n) is 10.6. The van der Waals surface area contributed by atoms with E-state index in [1.807, 2.05) is 60.8 Å². The van der Waals surface area contributed by atoms with Gasteiger partial charge in [-0.25, -0.2) is 4.98 Å². The molecule has 1 N–H and O–H groups in total. The summed E-state index contributed by atoms with van der Waals surface area (Å²) in [6, 6.07) is 15.4. The fraction of sp³-hybridized carbons (Fsp3) is 0.240. The number of thioether (sulfide) groups is 1. The minimum atomic E-state index is -0.128. The zero-order valence-electron chi connectivity index (χ0n) is 18.8. The molecular formula is C25H25N3O3S2. The lowest BCUT2D eigenvalue weighted by molar-refractivity contribution is -0.113. The molecule has 0 atom stereocenters. The van der Waals surface area contributed by atoms with Gasteiger partial charge in [0.2, 0.25) is 5.91 Å². The molecule has 0 radical (unpaired) electrons. The number of hydrogen-bond acceptors (Lipinski definition) is 6. The van der Waals surface area contributed by atoms with Gasteiger partial charge < -0.3 is 10.1 Å². The van der Waals surface area contributed by atoms with Crippen molar-refractivity contribution in [1.29, 1.82) is 0 Å². The Morgan fingerprint density at radius 2 is 2.03 bits per heavy atom. The summed E-state index contributed by atoms with van der Waals surface area (Å²) in [5.41, 5.74) is 4.46. The van der Waals surface area contributed by atoms with Crippen LogP contribution in [0.15, 0.2) is 63.9 Å². The molecule has 0 saturated carbocycles. The number of nitrogens with one attached hydrogen (secondary N) is 1. The maximum absolute atomic E-state index is 13.2. The molecule has 8 heteroatoms. The molecule has 2 aromatic carbocycles. The molecule has 4 rings (SSSR count). The summed E-state index contributed by atoms with van der Waals surface area (Å²) in [6.45, 7) is 4.40. The Kier molecular flexibility index (Phi) is 7.15. The smallest absolute Gasteiger partial charge is 0.272 e. The number of rotatable bonds is 8. The van der Waals surface area contributed by atoms with E-state index >= 15 is 0 Å². The second-order valence-electron chi connectivity index (χ2n) is 7.57. The highest BCUT2D eigenvalue weighted by molar-refractivity contribution is 7.99. The van der Waals surface area contributed by atoms with Gasteiger partial charge in [0.05, 0.1) is 24.9 Å². The van der Waals surface area contributed by atoms with Crippen LogP contribution in [0.25, 0.3) is 10.2 Å². The Balaban J connectivity index is 1.60. The second kappa shape index (κ2) is 10.2. The molecule has 4 aromatic rings. The molecule has 0 aliphatic carbocycles. The van der Waals surface area contributed by atoms with Gasteiger partial charge in [-0.3, -0.25) is 14.2 Å². The molecule has 170 valence electrons. The average molecular weight is 480 g/mol. The summed E-state index contributed by atoms with van der Waals surface area (Å²) in [7, 11) is 1.61. The fourth-order valence-electron chi connectivity index (χ4n) is 3.63. The number of hydrogen-bond donors (Lipinski definition) is 1. The summed E-state index contributed by atoms with van der Waals surface area (Å²) in [4.78, 5) is 30.7. The molecular weight excluding hydrogens is 454 g/mol. The van der Waals surface area contributed by atoms with Crippen LogP contribution in [0, 0.1) is 6.92 Å². The fourth-order valence-corrected chi connectivity index (χ4v) is 5.21. The maximum Gasteiger partial charge on any atom is 0.272 e. The van der Waals surface area contributed by atoms with Crippen LogP contribution in [0.4, 0.5) is 5.69 Å². The molecule has 0 bridgehead atoms. The predicted octanol–water partition coefficient (Wildman–Crippen LogP) is 5.12. The number of carbonyl (C=O) groups excluding carboxylic acids is 1. The standard InChI is InChI=1S/C25H25N3O3S2/c1-4-18-9-5-7-16(2)22(18)27-21(29)15-33-25-26-20-11-12-32-23(20)24(30)28(25)14-17-8-6-10-19(13-17)31-3/h5-13H,4,14-15H2,1-3H3,(H,27,29). The van der Waals surface area contributed by atoms with Crippen molar-refractivity contribution in [3.05, 3.63) is 81.0 Å². The number of para-hydroxylation sites is 1. The number of carbonyl (C=O) groups is 1. The molecule has 0 saturated heterocycles. The van der Waals surface area contributed by atoms with Crippen molar-refractivity contribution in [2.75, 3.05) is 18.2 Å². The number of ether oxygens (including phenoxy) is 1. The molecule has 6 nitrogen and oxygen atoms in total. The van der Waals surface area contributed by atoms with Crippen molar-refractivity contribution in [2.45, 2.75) is 32.0 Å². The third-order valence-corrected chi connectivity index (χ3v) is 7.21. The third kappa shape index (κ3) is 5.12. The van der Waals surface area contributed by atoms with E-state index in [2.05, 4.69) is 12.2 Å². The number of aromatic nitrogens is 2. The Hall–Kier alpha value is -3.10. The largest absolute Gasteiger partial charge is 0.497 e. The Labute approximate surface area is 200 Å². The molecule has 1 amide bonds. The van der Waals surface area contributed by atoms with Crippen molar-refractivity contribution in [1.82, 2.24) is 9.55 Å². The van der Waals surface area contributed by atoms with Crippen LogP contribution in [-0.4, -0.2) is 28.3 Å². The average Bonchev–Trinajstić information content (AvgIpc) is 3.30. The molecule has 2 aromatic heterocycles. The zero-order valence-corrected chi connectivity index (χ0v) is 20.4. The van der Waals surface area contributed by atoms with Gasteiger partial charge in [0, 0.05) is 5.69 Å². The molecule has 2 heterocycles. The van der Waals surface area contributed by atoms with Crippen LogP contribution in [0.5, 0.6) is 5.75 Å². The maximum atomic E-state index is 13.2. The zero-order chi connectivity index (χ0) is 23.4. The van der Waals surface area contributed by atoms with E-state index in [9.17, 15) is 9.59 Å². The highest BCUT2D eigenvalue weighted by Gasteiger charge is 2.16. The van der Waals surface area contributed by atoms with Gasteiger partial charge in [-0.2, -0.15) is 0 Å². The van der Waals surface area contributed by atoms with E-state index in [0.29, 0.717) is 21.9 Å². The number of anilines is 1. The van der Waals surface area contributed by atoms with Crippen LogP contribution < -0.4 is 15.6 Å². The van der Waals surface area contributed by atoms with Gasteiger partial charge in [0.1, 0.15) is 10.4 Å². The van der Waals surface area contributed by atoms with E-state index < -0.39 is 0 Å². The minimum absolute atomic E-state index is 0.104. The van der Waals surface area contributed by atoms with Crippen LogP contribution in [-0.2, 0) is 17.8 Å². The van der Waals surface area contributed by atoms with Crippen LogP contribution in [0.2, 0.25) is 0 Å². The van der Waals surface area contributed by atoms with Gasteiger partial charge in [-0.15, -0.1) is 11.3 Å². The van der Waals surface area contributed by atoms with E-state index in [-0.39, 0.29) is 17.2 Å². The Bertz CT molecular complexity index is 1360. The lowest BCUT2D eigenvalue weighted by atomic mass is 10.1. The highest BCUT2D eigenvalue weighted by Crippen LogP contribution is 2.24. The quantitative estimate of drug-likeness (QED) is 0.281. The first-order chi connectivity index (χ1) is 16.0. The first kappa shape index (κ1) is 23.1. The summed E-state index contributed by atoms with van der Waals surface area (Å²) >= 11 is 2.65. The molecule has 0 unspecified atom stereocenters. The van der Waals surface area contributed by atoms with Crippen LogP contribution in [0.1, 0.15) is 23.6 Å². The van der Waals surface area contributed by atoms with E-state index in [1.54, 1.807) is 11.7 Å². The molecule has 33 heavy (non-hydrogen) atoms. The van der Waals surface area contributed by atoms with Gasteiger partial charge in [0.25, 0.3) is 5.56 Å². The topological polar surface area (TPSA) is 73.2 Å². The lowest BCUT2D eigenvalue weighted by Crippen LogP contribution is -2.24. The van der Waals surface area contributed by atoms with E-state index in [0.717, 1.165) is 34.5 Å². The summed E-state index contributed by atoms with van der Waals surface area (Å²) in [5.74, 6) is 0.748. The second-order valence-corrected chi connectivity index (χ2v) is 9.43. The predicted molar refractivity (Wildman–Crippen MR) is 136 cm³/mol. The highest BCUT2D eigenvalue weighted by atomic mass is 32.2. The molecule has 0 spiro atoms. The van der Waals surface area contributed by atoms with E-state index in [4.69, 9.17) is 9.72 Å². The number of nitrogens with zero attached hydrogens (tertiary/aromatic N) is 2. The Morgan fingerprint density at radius 3 is 2.82 bits per heavy atom. The number of thiophene rings is 1. The van der Waals surface area contributed by atoms with Gasteiger partial charge >= 0.3 is 0 Å². The SMILES string of the molecule is CCc1cccc(C)c1NC(=O)CSc1nc2ccsc2c(=O)n1Cc1cccc(OC)c1. The third-order valence-electron chi connectivity index (χ3n) is 5.34.